The molecule has 1 aromatic rings. The molecule has 7 heteroatoms. The van der Waals surface area contributed by atoms with Gasteiger partial charge in [0.2, 0.25) is 0 Å². The number of ether oxygens (including phenoxy) is 2. The number of aliphatic hydroxyl groups excluding tert-OH is 1. The summed E-state index contributed by atoms with van der Waals surface area (Å²) in [5.74, 6) is -0.0000424. The highest BCUT2D eigenvalue weighted by Gasteiger charge is 2.08. The Labute approximate surface area is 142 Å². The first kappa shape index (κ1) is 19.9. The molecule has 0 spiro atoms. The van der Waals surface area contributed by atoms with Crippen molar-refractivity contribution in [3.63, 3.8) is 0 Å². The largest absolute Gasteiger partial charge is 0.465 e. The number of rotatable bonds is 9. The Balaban J connectivity index is 2.25. The highest BCUT2D eigenvalue weighted by atomic mass is 16.5. The Morgan fingerprint density at radius 2 is 1.79 bits per heavy atom. The maximum absolute atomic E-state index is 11.7. The Morgan fingerprint density at radius 1 is 1.12 bits per heavy atom. The normalized spacial score (nSPS) is 11.9. The van der Waals surface area contributed by atoms with Gasteiger partial charge in [-0.1, -0.05) is 26.0 Å². The second-order valence-electron chi connectivity index (χ2n) is 5.84. The fraction of sp³-hybridized carbons (Fsp3) is 0.529. The molecule has 0 heterocycles. The van der Waals surface area contributed by atoms with E-state index in [0.29, 0.717) is 24.6 Å². The number of methoxy groups -OCH3 is 1. The molecule has 134 valence electrons. The number of carbonyl (C=O) groups excluding carboxylic acids is 2. The van der Waals surface area contributed by atoms with Crippen LogP contribution in [0.4, 0.5) is 4.79 Å². The van der Waals surface area contributed by atoms with E-state index in [9.17, 15) is 14.7 Å². The van der Waals surface area contributed by atoms with E-state index in [2.05, 4.69) is 15.4 Å². The number of benzene rings is 1. The first-order chi connectivity index (χ1) is 11.4. The minimum atomic E-state index is -0.742. The zero-order valence-electron chi connectivity index (χ0n) is 14.4. The fourth-order valence-corrected chi connectivity index (χ4v) is 1.83. The van der Waals surface area contributed by atoms with Gasteiger partial charge in [0.25, 0.3) is 0 Å². The molecule has 0 saturated heterocycles. The zero-order valence-corrected chi connectivity index (χ0v) is 14.4. The average molecular weight is 338 g/mol. The Bertz CT molecular complexity index is 516. The van der Waals surface area contributed by atoms with Gasteiger partial charge in [0.15, 0.2) is 0 Å². The van der Waals surface area contributed by atoms with E-state index < -0.39 is 12.1 Å². The number of esters is 1. The molecule has 0 fully saturated rings. The van der Waals surface area contributed by atoms with Gasteiger partial charge in [-0.3, -0.25) is 0 Å². The monoisotopic (exact) mass is 338 g/mol. The van der Waals surface area contributed by atoms with Crippen molar-refractivity contribution < 1.29 is 24.2 Å². The summed E-state index contributed by atoms with van der Waals surface area (Å²) in [6, 6.07) is 6.37. The van der Waals surface area contributed by atoms with Gasteiger partial charge in [-0.25, -0.2) is 9.59 Å². The third kappa shape index (κ3) is 7.94. The van der Waals surface area contributed by atoms with E-state index in [1.54, 1.807) is 24.3 Å². The lowest BCUT2D eigenvalue weighted by molar-refractivity contribution is 0.0272. The quantitative estimate of drug-likeness (QED) is 0.590. The molecule has 7 nitrogen and oxygen atoms in total. The van der Waals surface area contributed by atoms with Crippen LogP contribution in [0, 0.1) is 5.92 Å². The molecule has 24 heavy (non-hydrogen) atoms. The van der Waals surface area contributed by atoms with Crippen molar-refractivity contribution in [2.24, 2.45) is 5.92 Å². The van der Waals surface area contributed by atoms with Gasteiger partial charge in [-0.05, 0) is 23.6 Å². The highest BCUT2D eigenvalue weighted by molar-refractivity contribution is 5.89. The third-order valence-corrected chi connectivity index (χ3v) is 3.09. The first-order valence-electron chi connectivity index (χ1n) is 7.87. The molecule has 0 aliphatic carbocycles. The van der Waals surface area contributed by atoms with Gasteiger partial charge < -0.3 is 25.2 Å². The lowest BCUT2D eigenvalue weighted by Crippen LogP contribution is -2.40. The molecule has 3 N–H and O–H groups in total. The van der Waals surface area contributed by atoms with Crippen LogP contribution in [0.15, 0.2) is 24.3 Å². The minimum absolute atomic E-state index is 0.116. The van der Waals surface area contributed by atoms with Crippen LogP contribution in [0.1, 0.15) is 29.8 Å². The van der Waals surface area contributed by atoms with E-state index in [-0.39, 0.29) is 19.2 Å². The number of nitrogens with one attached hydrogen (secondary N) is 2. The van der Waals surface area contributed by atoms with E-state index in [1.807, 2.05) is 13.8 Å². The predicted octanol–water partition coefficient (Wildman–Crippen LogP) is 1.31. The van der Waals surface area contributed by atoms with E-state index in [0.717, 1.165) is 5.56 Å². The minimum Gasteiger partial charge on any atom is -0.465 e. The summed E-state index contributed by atoms with van der Waals surface area (Å²) in [7, 11) is 1.32. The molecule has 0 aliphatic rings. The number of hydrogen-bond acceptors (Lipinski definition) is 5. The molecular weight excluding hydrogens is 312 g/mol. The number of carbonyl (C=O) groups is 2. The molecule has 0 unspecified atom stereocenters. The van der Waals surface area contributed by atoms with Crippen molar-refractivity contribution in [3.05, 3.63) is 35.4 Å². The zero-order chi connectivity index (χ0) is 17.9. The van der Waals surface area contributed by atoms with E-state index >= 15 is 0 Å². The van der Waals surface area contributed by atoms with Crippen LogP contribution >= 0.6 is 0 Å². The summed E-state index contributed by atoms with van der Waals surface area (Å²) in [4.78, 5) is 23.0. The van der Waals surface area contributed by atoms with Crippen molar-refractivity contribution >= 4 is 12.0 Å². The molecule has 2 amide bonds. The lowest BCUT2D eigenvalue weighted by atomic mass is 10.1. The van der Waals surface area contributed by atoms with E-state index in [1.165, 1.54) is 7.11 Å². The van der Waals surface area contributed by atoms with Crippen molar-refractivity contribution in [3.8, 4) is 0 Å². The molecule has 1 atom stereocenters. The molecule has 0 radical (unpaired) electrons. The number of aliphatic hydroxyl groups is 1. The lowest BCUT2D eigenvalue weighted by Gasteiger charge is -2.14. The molecule has 0 bridgehead atoms. The second-order valence-corrected chi connectivity index (χ2v) is 5.84. The van der Waals surface area contributed by atoms with Crippen molar-refractivity contribution in [1.82, 2.24) is 10.6 Å². The Morgan fingerprint density at radius 3 is 2.38 bits per heavy atom. The molecule has 0 aliphatic heterocycles. The second kappa shape index (κ2) is 10.6. The van der Waals surface area contributed by atoms with Crippen LogP contribution < -0.4 is 10.6 Å². The summed E-state index contributed by atoms with van der Waals surface area (Å²) < 4.78 is 9.92. The van der Waals surface area contributed by atoms with Crippen molar-refractivity contribution in [2.75, 3.05) is 26.9 Å². The number of amides is 2. The molecule has 1 rings (SSSR count). The number of urea groups is 1. The van der Waals surface area contributed by atoms with Crippen molar-refractivity contribution in [1.29, 1.82) is 0 Å². The highest BCUT2D eigenvalue weighted by Crippen LogP contribution is 2.05. The van der Waals surface area contributed by atoms with Crippen LogP contribution in [0.3, 0.4) is 0 Å². The van der Waals surface area contributed by atoms with Crippen LogP contribution in [0.2, 0.25) is 0 Å². The summed E-state index contributed by atoms with van der Waals surface area (Å²) in [6.07, 6.45) is -0.742. The smallest absolute Gasteiger partial charge is 0.337 e. The maximum atomic E-state index is 11.7. The molecule has 1 aromatic carbocycles. The van der Waals surface area contributed by atoms with E-state index in [4.69, 9.17) is 4.74 Å². The predicted molar refractivity (Wildman–Crippen MR) is 89.7 cm³/mol. The number of hydrogen-bond donors (Lipinski definition) is 3. The first-order valence-corrected chi connectivity index (χ1v) is 7.87. The Kier molecular flexibility index (Phi) is 8.81. The van der Waals surface area contributed by atoms with Crippen LogP contribution in [-0.4, -0.2) is 50.1 Å². The van der Waals surface area contributed by atoms with Gasteiger partial charge in [-0.2, -0.15) is 0 Å². The Hall–Kier alpha value is -2.12. The third-order valence-electron chi connectivity index (χ3n) is 3.09. The summed E-state index contributed by atoms with van der Waals surface area (Å²) in [6.45, 7) is 5.24. The van der Waals surface area contributed by atoms with Crippen molar-refractivity contribution in [2.45, 2.75) is 26.5 Å². The van der Waals surface area contributed by atoms with Gasteiger partial charge in [0.05, 0.1) is 25.4 Å². The fourth-order valence-electron chi connectivity index (χ4n) is 1.83. The summed E-state index contributed by atoms with van der Waals surface area (Å²) >= 11 is 0. The standard InChI is InChI=1S/C17H26N2O5/c1-12(2)10-24-11-15(20)9-19-17(22)18-8-13-4-6-14(7-5-13)16(21)23-3/h4-7,12,15,20H,8-11H2,1-3H3,(H2,18,19,22)/t15-/m0/s1. The van der Waals surface area contributed by atoms with Crippen LogP contribution in [0.25, 0.3) is 0 Å². The van der Waals surface area contributed by atoms with Gasteiger partial charge >= 0.3 is 12.0 Å². The SMILES string of the molecule is COC(=O)c1ccc(CNC(=O)NC[C@H](O)COCC(C)C)cc1. The summed E-state index contributed by atoms with van der Waals surface area (Å²) in [5.41, 5.74) is 1.30. The van der Waals surface area contributed by atoms with Crippen LogP contribution in [-0.2, 0) is 16.0 Å². The molecule has 0 saturated carbocycles. The molecular formula is C17H26N2O5. The average Bonchev–Trinajstić information content (AvgIpc) is 2.57. The van der Waals surface area contributed by atoms with Gasteiger partial charge in [0.1, 0.15) is 0 Å². The topological polar surface area (TPSA) is 96.9 Å². The molecule has 0 aromatic heterocycles. The maximum Gasteiger partial charge on any atom is 0.337 e. The summed E-state index contributed by atoms with van der Waals surface area (Å²) in [5, 5.41) is 14.9. The van der Waals surface area contributed by atoms with Gasteiger partial charge in [-0.15, -0.1) is 0 Å². The van der Waals surface area contributed by atoms with Gasteiger partial charge in [0, 0.05) is 19.7 Å². The van der Waals surface area contributed by atoms with Crippen LogP contribution in [0.5, 0.6) is 0 Å².